The van der Waals surface area contributed by atoms with E-state index < -0.39 is 0 Å². The Hall–Kier alpha value is -3.15. The second-order valence-corrected chi connectivity index (χ2v) is 8.25. The number of phenolic OH excluding ortho intramolecular Hbond substituents is 1. The molecule has 0 saturated carbocycles. The van der Waals surface area contributed by atoms with Crippen LogP contribution in [0, 0.1) is 18.8 Å². The van der Waals surface area contributed by atoms with Gasteiger partial charge in [0.2, 0.25) is 11.8 Å². The quantitative estimate of drug-likeness (QED) is 0.791. The largest absolute Gasteiger partial charge is 0.508 e. The number of anilines is 1. The van der Waals surface area contributed by atoms with Gasteiger partial charge in [0.15, 0.2) is 5.78 Å². The summed E-state index contributed by atoms with van der Waals surface area (Å²) in [5, 5.41) is 9.39. The van der Waals surface area contributed by atoms with Crippen molar-refractivity contribution in [3.63, 3.8) is 0 Å². The molecule has 1 atom stereocenters. The number of carbonyl (C=O) groups excluding carboxylic acids is 3. The Morgan fingerprint density at radius 1 is 0.933 bits per heavy atom. The first-order chi connectivity index (χ1) is 14.4. The zero-order chi connectivity index (χ0) is 21.3. The molecule has 2 saturated heterocycles. The van der Waals surface area contributed by atoms with Gasteiger partial charge in [0, 0.05) is 43.2 Å². The smallest absolute Gasteiger partial charge is 0.228 e. The molecule has 0 aromatic heterocycles. The maximum absolute atomic E-state index is 13.0. The molecule has 2 aliphatic heterocycles. The standard InChI is InChI=1S/C24H26N2O4/c1-16-2-6-20(7-3-16)26-15-19(14-22(26)28)24(30)25-12-10-18(11-13-25)23(29)17-4-8-21(27)9-5-17/h2-9,18-19,27H,10-15H2,1H3. The molecule has 6 nitrogen and oxygen atoms in total. The van der Waals surface area contributed by atoms with Gasteiger partial charge in [0.1, 0.15) is 5.75 Å². The van der Waals surface area contributed by atoms with E-state index >= 15 is 0 Å². The zero-order valence-corrected chi connectivity index (χ0v) is 17.1. The fourth-order valence-electron chi connectivity index (χ4n) is 4.33. The molecular weight excluding hydrogens is 380 g/mol. The van der Waals surface area contributed by atoms with Crippen molar-refractivity contribution < 1.29 is 19.5 Å². The first-order valence-corrected chi connectivity index (χ1v) is 10.4. The van der Waals surface area contributed by atoms with E-state index in [-0.39, 0.29) is 41.6 Å². The molecule has 0 bridgehead atoms. The van der Waals surface area contributed by atoms with Crippen molar-refractivity contribution in [2.75, 3.05) is 24.5 Å². The van der Waals surface area contributed by atoms with Crippen LogP contribution in [0.15, 0.2) is 48.5 Å². The molecule has 2 amide bonds. The number of likely N-dealkylation sites (tertiary alicyclic amines) is 1. The number of carbonyl (C=O) groups is 3. The Bertz CT molecular complexity index is 944. The van der Waals surface area contributed by atoms with Crippen LogP contribution in [0.3, 0.4) is 0 Å². The first-order valence-electron chi connectivity index (χ1n) is 10.4. The Morgan fingerprint density at radius 3 is 2.20 bits per heavy atom. The number of benzene rings is 2. The van der Waals surface area contributed by atoms with E-state index in [2.05, 4.69) is 0 Å². The minimum absolute atomic E-state index is 0.00786. The summed E-state index contributed by atoms with van der Waals surface area (Å²) >= 11 is 0. The van der Waals surface area contributed by atoms with Gasteiger partial charge in [0.05, 0.1) is 5.92 Å². The van der Waals surface area contributed by atoms with Crippen molar-refractivity contribution in [2.24, 2.45) is 11.8 Å². The molecule has 30 heavy (non-hydrogen) atoms. The van der Waals surface area contributed by atoms with E-state index in [1.807, 2.05) is 31.2 Å². The van der Waals surface area contributed by atoms with Crippen molar-refractivity contribution in [3.05, 3.63) is 59.7 Å². The van der Waals surface area contributed by atoms with Crippen molar-refractivity contribution in [1.82, 2.24) is 4.90 Å². The minimum atomic E-state index is -0.330. The molecule has 6 heteroatoms. The summed E-state index contributed by atoms with van der Waals surface area (Å²) in [6.45, 7) is 3.47. The highest BCUT2D eigenvalue weighted by Gasteiger charge is 2.38. The Balaban J connectivity index is 1.34. The number of phenols is 1. The number of rotatable bonds is 4. The maximum Gasteiger partial charge on any atom is 0.228 e. The van der Waals surface area contributed by atoms with E-state index in [4.69, 9.17) is 0 Å². The molecule has 2 heterocycles. The summed E-state index contributed by atoms with van der Waals surface area (Å²) in [6, 6.07) is 14.1. The zero-order valence-electron chi connectivity index (χ0n) is 17.1. The van der Waals surface area contributed by atoms with Crippen molar-refractivity contribution >= 4 is 23.3 Å². The highest BCUT2D eigenvalue weighted by Crippen LogP contribution is 2.29. The summed E-state index contributed by atoms with van der Waals surface area (Å²) in [6.07, 6.45) is 1.47. The van der Waals surface area contributed by atoms with Crippen molar-refractivity contribution in [1.29, 1.82) is 0 Å². The van der Waals surface area contributed by atoms with E-state index in [0.717, 1.165) is 11.3 Å². The summed E-state index contributed by atoms with van der Waals surface area (Å²) in [5.74, 6) is -0.263. The third-order valence-electron chi connectivity index (χ3n) is 6.15. The van der Waals surface area contributed by atoms with E-state index in [0.29, 0.717) is 38.0 Å². The summed E-state index contributed by atoms with van der Waals surface area (Å²) in [5.41, 5.74) is 2.55. The van der Waals surface area contributed by atoms with Crippen LogP contribution in [-0.4, -0.2) is 47.2 Å². The lowest BCUT2D eigenvalue weighted by Crippen LogP contribution is -2.43. The predicted octanol–water partition coefficient (Wildman–Crippen LogP) is 3.18. The number of hydrogen-bond acceptors (Lipinski definition) is 4. The van der Waals surface area contributed by atoms with Crippen LogP contribution < -0.4 is 4.90 Å². The van der Waals surface area contributed by atoms with Crippen LogP contribution in [-0.2, 0) is 9.59 Å². The molecule has 0 spiro atoms. The van der Waals surface area contributed by atoms with Crippen LogP contribution in [0.5, 0.6) is 5.75 Å². The van der Waals surface area contributed by atoms with Gasteiger partial charge in [-0.1, -0.05) is 17.7 Å². The summed E-state index contributed by atoms with van der Waals surface area (Å²) in [7, 11) is 0. The third-order valence-corrected chi connectivity index (χ3v) is 6.15. The summed E-state index contributed by atoms with van der Waals surface area (Å²) < 4.78 is 0. The lowest BCUT2D eigenvalue weighted by atomic mass is 9.88. The van der Waals surface area contributed by atoms with E-state index in [1.54, 1.807) is 21.9 Å². The first kappa shape index (κ1) is 20.1. The average Bonchev–Trinajstić information content (AvgIpc) is 3.15. The number of aryl methyl sites for hydroxylation is 1. The van der Waals surface area contributed by atoms with Gasteiger partial charge < -0.3 is 14.9 Å². The fourth-order valence-corrected chi connectivity index (χ4v) is 4.33. The lowest BCUT2D eigenvalue weighted by molar-refractivity contribution is -0.137. The molecule has 2 aromatic rings. The van der Waals surface area contributed by atoms with Gasteiger partial charge in [-0.3, -0.25) is 14.4 Å². The number of piperidine rings is 1. The molecule has 2 aliphatic rings. The fraction of sp³-hybridized carbons (Fsp3) is 0.375. The van der Waals surface area contributed by atoms with Crippen LogP contribution in [0.25, 0.3) is 0 Å². The van der Waals surface area contributed by atoms with Crippen molar-refractivity contribution in [2.45, 2.75) is 26.2 Å². The number of amides is 2. The number of nitrogens with zero attached hydrogens (tertiary/aromatic N) is 2. The highest BCUT2D eigenvalue weighted by atomic mass is 16.3. The van der Waals surface area contributed by atoms with Gasteiger partial charge in [-0.2, -0.15) is 0 Å². The Labute approximate surface area is 176 Å². The molecule has 156 valence electrons. The second kappa shape index (κ2) is 8.30. The molecule has 4 rings (SSSR count). The van der Waals surface area contributed by atoms with Gasteiger partial charge >= 0.3 is 0 Å². The minimum Gasteiger partial charge on any atom is -0.508 e. The molecule has 2 aromatic carbocycles. The third kappa shape index (κ3) is 4.08. The van der Waals surface area contributed by atoms with Gasteiger partial charge in [-0.05, 0) is 56.2 Å². The van der Waals surface area contributed by atoms with Gasteiger partial charge in [-0.15, -0.1) is 0 Å². The molecular formula is C24H26N2O4. The normalized spacial score (nSPS) is 19.9. The monoisotopic (exact) mass is 406 g/mol. The van der Waals surface area contributed by atoms with Crippen LogP contribution in [0.1, 0.15) is 35.2 Å². The predicted molar refractivity (Wildman–Crippen MR) is 113 cm³/mol. The Kier molecular flexibility index (Phi) is 5.57. The molecule has 0 aliphatic carbocycles. The number of Topliss-reactive ketones (excluding diaryl/α,β-unsaturated/α-hetero) is 1. The Morgan fingerprint density at radius 2 is 1.57 bits per heavy atom. The van der Waals surface area contributed by atoms with Gasteiger partial charge in [-0.25, -0.2) is 0 Å². The highest BCUT2D eigenvalue weighted by molar-refractivity contribution is 6.00. The maximum atomic E-state index is 13.0. The average molecular weight is 406 g/mol. The number of hydrogen-bond donors (Lipinski definition) is 1. The molecule has 2 fully saturated rings. The lowest BCUT2D eigenvalue weighted by Gasteiger charge is -2.33. The van der Waals surface area contributed by atoms with Crippen LogP contribution >= 0.6 is 0 Å². The second-order valence-electron chi connectivity index (χ2n) is 8.25. The summed E-state index contributed by atoms with van der Waals surface area (Å²) in [4.78, 5) is 41.6. The van der Waals surface area contributed by atoms with Gasteiger partial charge in [0.25, 0.3) is 0 Å². The topological polar surface area (TPSA) is 77.9 Å². The molecule has 1 N–H and O–H groups in total. The number of aromatic hydroxyl groups is 1. The SMILES string of the molecule is Cc1ccc(N2CC(C(=O)N3CCC(C(=O)c4ccc(O)cc4)CC3)CC2=O)cc1. The number of ketones is 1. The van der Waals surface area contributed by atoms with Crippen LogP contribution in [0.2, 0.25) is 0 Å². The van der Waals surface area contributed by atoms with Crippen LogP contribution in [0.4, 0.5) is 5.69 Å². The molecule has 1 unspecified atom stereocenters. The van der Waals surface area contributed by atoms with E-state index in [1.165, 1.54) is 12.1 Å². The van der Waals surface area contributed by atoms with E-state index in [9.17, 15) is 19.5 Å². The van der Waals surface area contributed by atoms with Crippen molar-refractivity contribution in [3.8, 4) is 5.75 Å². The molecule has 0 radical (unpaired) electrons.